The molecule has 1 atom stereocenters. The summed E-state index contributed by atoms with van der Waals surface area (Å²) in [5.41, 5.74) is 9.54. The van der Waals surface area contributed by atoms with Crippen molar-refractivity contribution >= 4 is 44.4 Å². The largest absolute Gasteiger partial charge is 0.144 e. The van der Waals surface area contributed by atoms with Gasteiger partial charge in [0.15, 0.2) is 0 Å². The number of rotatable bonds is 4. The summed E-state index contributed by atoms with van der Waals surface area (Å²) in [5.74, 6) is 0.0295. The van der Waals surface area contributed by atoms with Crippen LogP contribution in [0.15, 0.2) is 144 Å². The third-order valence-electron chi connectivity index (χ3n) is 8.55. The molecule has 0 unspecified atom stereocenters. The van der Waals surface area contributed by atoms with Gasteiger partial charge < -0.3 is 0 Å². The van der Waals surface area contributed by atoms with Gasteiger partial charge >= 0.3 is 0 Å². The van der Waals surface area contributed by atoms with E-state index in [1.165, 1.54) is 54.8 Å². The number of halogens is 1. The van der Waals surface area contributed by atoms with Crippen LogP contribution < -0.4 is 0 Å². The quantitative estimate of drug-likeness (QED) is 0.194. The first-order valence-electron chi connectivity index (χ1n) is 13.8. The first-order valence-corrected chi connectivity index (χ1v) is 16.0. The van der Waals surface area contributed by atoms with Gasteiger partial charge in [-0.1, -0.05) is 133 Å². The highest BCUT2D eigenvalue weighted by atomic mass is 35.5. The lowest BCUT2D eigenvalue weighted by Gasteiger charge is -2.46. The van der Waals surface area contributed by atoms with Gasteiger partial charge in [-0.3, -0.25) is 0 Å². The van der Waals surface area contributed by atoms with Gasteiger partial charge in [-0.15, -0.1) is 22.7 Å². The highest BCUT2D eigenvalue weighted by molar-refractivity contribution is 7.18. The number of hydrogen-bond acceptors (Lipinski definition) is 2. The summed E-state index contributed by atoms with van der Waals surface area (Å²) in [6.07, 6.45) is 0. The molecule has 1 aliphatic rings. The Hall–Kier alpha value is -3.95. The molecule has 41 heavy (non-hydrogen) atoms. The van der Waals surface area contributed by atoms with E-state index in [2.05, 4.69) is 144 Å². The van der Waals surface area contributed by atoms with E-state index in [-0.39, 0.29) is 5.92 Å². The third-order valence-corrected chi connectivity index (χ3v) is 10.9. The Labute approximate surface area is 253 Å². The molecule has 7 aromatic rings. The van der Waals surface area contributed by atoms with Gasteiger partial charge in [0.05, 0.1) is 15.1 Å². The monoisotopic (exact) mass is 580 g/mol. The molecule has 0 nitrogen and oxygen atoms in total. The van der Waals surface area contributed by atoms with Crippen molar-refractivity contribution in [3.8, 4) is 10.4 Å². The van der Waals surface area contributed by atoms with E-state index in [9.17, 15) is 0 Å². The predicted octanol–water partition coefficient (Wildman–Crippen LogP) is 11.2. The second-order valence-corrected chi connectivity index (χ2v) is 12.8. The molecular weight excluding hydrogens is 556 g/mol. The normalized spacial score (nSPS) is 15.4. The highest BCUT2D eigenvalue weighted by Gasteiger charge is 2.49. The average Bonchev–Trinajstić information content (AvgIpc) is 3.75. The predicted molar refractivity (Wildman–Crippen MR) is 176 cm³/mol. The van der Waals surface area contributed by atoms with E-state index in [1.807, 2.05) is 0 Å². The number of hydrogen-bond donors (Lipinski definition) is 0. The minimum Gasteiger partial charge on any atom is -0.144 e. The molecule has 0 radical (unpaired) electrons. The minimum atomic E-state index is -0.596. The second kappa shape index (κ2) is 9.85. The van der Waals surface area contributed by atoms with Gasteiger partial charge in [0.2, 0.25) is 0 Å². The van der Waals surface area contributed by atoms with Crippen LogP contribution in [0.25, 0.3) is 20.5 Å². The second-order valence-electron chi connectivity index (χ2n) is 10.5. The maximum absolute atomic E-state index is 7.75. The molecule has 0 N–H and O–H groups in total. The lowest BCUT2D eigenvalue weighted by molar-refractivity contribution is 0.684. The van der Waals surface area contributed by atoms with Crippen molar-refractivity contribution in [1.29, 1.82) is 0 Å². The maximum Gasteiger partial charge on any atom is 0.0722 e. The molecule has 2 aromatic heterocycles. The molecule has 1 aliphatic carbocycles. The molecule has 3 heteroatoms. The van der Waals surface area contributed by atoms with Crippen LogP contribution in [0, 0.1) is 0 Å². The van der Waals surface area contributed by atoms with Crippen molar-refractivity contribution in [2.75, 3.05) is 0 Å². The van der Waals surface area contributed by atoms with Crippen molar-refractivity contribution in [3.05, 3.63) is 188 Å². The van der Waals surface area contributed by atoms with Crippen molar-refractivity contribution in [3.63, 3.8) is 0 Å². The van der Waals surface area contributed by atoms with Crippen LogP contribution >= 0.6 is 34.3 Å². The highest BCUT2D eigenvalue weighted by Crippen LogP contribution is 2.61. The van der Waals surface area contributed by atoms with Gasteiger partial charge in [-0.05, 0) is 61.8 Å². The van der Waals surface area contributed by atoms with E-state index in [1.54, 1.807) is 22.7 Å². The topological polar surface area (TPSA) is 0 Å². The Bertz CT molecular complexity index is 1950. The van der Waals surface area contributed by atoms with Gasteiger partial charge in [-0.2, -0.15) is 0 Å². The number of fused-ring (bicyclic) bond motifs is 3. The van der Waals surface area contributed by atoms with Crippen LogP contribution in [0.1, 0.15) is 44.9 Å². The Kier molecular flexibility index (Phi) is 5.96. The molecule has 5 aromatic carbocycles. The fourth-order valence-electron chi connectivity index (χ4n) is 7.03. The Morgan fingerprint density at radius 3 is 1.88 bits per heavy atom. The molecule has 0 bridgehead atoms. The first-order chi connectivity index (χ1) is 20.3. The van der Waals surface area contributed by atoms with Gasteiger partial charge in [0.25, 0.3) is 0 Å². The molecule has 8 rings (SSSR count). The van der Waals surface area contributed by atoms with Gasteiger partial charge in [0.1, 0.15) is 0 Å². The van der Waals surface area contributed by atoms with Crippen molar-refractivity contribution in [1.82, 2.24) is 0 Å². The summed E-state index contributed by atoms with van der Waals surface area (Å²) >= 11 is 11.3. The van der Waals surface area contributed by atoms with E-state index in [0.717, 1.165) is 9.72 Å². The molecular formula is C38H25ClS2. The van der Waals surface area contributed by atoms with E-state index in [0.29, 0.717) is 0 Å². The number of thiophene rings is 2. The van der Waals surface area contributed by atoms with Gasteiger partial charge in [-0.25, -0.2) is 0 Å². The average molecular weight is 581 g/mol. The van der Waals surface area contributed by atoms with Crippen molar-refractivity contribution < 1.29 is 0 Å². The summed E-state index contributed by atoms with van der Waals surface area (Å²) < 4.78 is 1.15. The summed E-state index contributed by atoms with van der Waals surface area (Å²) in [4.78, 5) is 1.27. The molecule has 0 saturated carbocycles. The standard InChI is InChI=1S/C38H25ClS2/c39-36-35-34(33(31-21-12-23-40-31)29-22-24-41-37(29)36)32(25-13-4-1-5-14-25)28-19-10-11-20-30(28)38(35,26-15-6-2-7-16-26)27-17-8-3-9-18-27/h1-24,32H/t32-/m1/s1. The minimum absolute atomic E-state index is 0.0295. The van der Waals surface area contributed by atoms with Crippen LogP contribution in [-0.4, -0.2) is 0 Å². The molecule has 0 saturated heterocycles. The molecule has 196 valence electrons. The summed E-state index contributed by atoms with van der Waals surface area (Å²) in [6, 6.07) is 48.6. The lowest BCUT2D eigenvalue weighted by atomic mass is 9.56. The molecule has 0 fully saturated rings. The summed E-state index contributed by atoms with van der Waals surface area (Å²) in [5, 5.41) is 6.46. The fourth-order valence-corrected chi connectivity index (χ4v) is 9.15. The summed E-state index contributed by atoms with van der Waals surface area (Å²) in [7, 11) is 0. The van der Waals surface area contributed by atoms with Crippen LogP contribution in [0.3, 0.4) is 0 Å². The molecule has 0 spiro atoms. The third kappa shape index (κ3) is 3.58. The van der Waals surface area contributed by atoms with E-state index in [4.69, 9.17) is 11.6 Å². The van der Waals surface area contributed by atoms with Crippen molar-refractivity contribution in [2.45, 2.75) is 11.3 Å². The maximum atomic E-state index is 7.75. The Balaban J connectivity index is 1.67. The zero-order valence-electron chi connectivity index (χ0n) is 22.1. The Morgan fingerprint density at radius 1 is 0.585 bits per heavy atom. The van der Waals surface area contributed by atoms with E-state index >= 15 is 0 Å². The molecule has 2 heterocycles. The molecule has 0 amide bonds. The van der Waals surface area contributed by atoms with Crippen molar-refractivity contribution in [2.24, 2.45) is 0 Å². The van der Waals surface area contributed by atoms with E-state index < -0.39 is 5.41 Å². The fraction of sp³-hybridized carbons (Fsp3) is 0.0526. The van der Waals surface area contributed by atoms with Gasteiger partial charge in [0, 0.05) is 21.7 Å². The Morgan fingerprint density at radius 2 is 1.22 bits per heavy atom. The molecule has 0 aliphatic heterocycles. The zero-order valence-corrected chi connectivity index (χ0v) is 24.5. The zero-order chi connectivity index (χ0) is 27.4. The van der Waals surface area contributed by atoms with Crippen LogP contribution in [0.2, 0.25) is 5.02 Å². The van der Waals surface area contributed by atoms with Crippen LogP contribution in [0.4, 0.5) is 0 Å². The number of benzene rings is 5. The lowest BCUT2D eigenvalue weighted by Crippen LogP contribution is -2.38. The SMILES string of the molecule is Clc1c2c(c(-c3cccs3)c3ccsc13)[C@H](c1ccccc1)c1ccccc1C2(c1ccccc1)c1ccccc1. The summed E-state index contributed by atoms with van der Waals surface area (Å²) in [6.45, 7) is 0. The smallest absolute Gasteiger partial charge is 0.0722 e. The van der Waals surface area contributed by atoms with Crippen LogP contribution in [0.5, 0.6) is 0 Å². The van der Waals surface area contributed by atoms with Crippen LogP contribution in [-0.2, 0) is 5.41 Å². The first kappa shape index (κ1) is 24.8.